The molecule has 169 valence electrons. The predicted octanol–water partition coefficient (Wildman–Crippen LogP) is 1.20. The van der Waals surface area contributed by atoms with Gasteiger partial charge in [-0.2, -0.15) is 0 Å². The number of hydrogen-bond donors (Lipinski definition) is 4. The molecule has 1 unspecified atom stereocenters. The molecule has 3 rings (SSSR count). The summed E-state index contributed by atoms with van der Waals surface area (Å²) in [6, 6.07) is 7.06. The third-order valence-electron chi connectivity index (χ3n) is 4.89. The van der Waals surface area contributed by atoms with Crippen molar-refractivity contribution in [2.75, 3.05) is 0 Å². The molecule has 30 heavy (non-hydrogen) atoms. The van der Waals surface area contributed by atoms with Crippen molar-refractivity contribution in [2.45, 2.75) is 57.5 Å². The molecule has 2 aliphatic rings. The molecule has 8 nitrogen and oxygen atoms in total. The van der Waals surface area contributed by atoms with Crippen molar-refractivity contribution in [1.82, 2.24) is 0 Å². The van der Waals surface area contributed by atoms with Crippen LogP contribution in [-0.4, -0.2) is 38.5 Å². The van der Waals surface area contributed by atoms with E-state index < -0.39 is 23.5 Å². The van der Waals surface area contributed by atoms with Gasteiger partial charge in [-0.25, -0.2) is 0 Å². The Morgan fingerprint density at radius 1 is 1.17 bits per heavy atom. The topological polar surface area (TPSA) is 153 Å². The number of cyclic esters (lactones) is 1. The Labute approximate surface area is 188 Å². The van der Waals surface area contributed by atoms with Crippen LogP contribution in [0.2, 0.25) is 0 Å². The minimum atomic E-state index is -1.35. The number of rotatable bonds is 4. The second-order valence-corrected chi connectivity index (χ2v) is 7.26. The van der Waals surface area contributed by atoms with Crippen LogP contribution in [0.15, 0.2) is 36.1 Å². The zero-order valence-corrected chi connectivity index (χ0v) is 19.1. The SMILES string of the molecule is CC1=CC(=O)C(C(=O)CCc2cccc(O)c2)C(=O)O1.N[C@@H]1CCCC[C@H]1N.[OH][Pt]. The van der Waals surface area contributed by atoms with Gasteiger partial charge in [0.1, 0.15) is 11.5 Å². The Morgan fingerprint density at radius 2 is 1.77 bits per heavy atom. The molecule has 3 atom stereocenters. The number of phenolic OH excluding ortho intramolecular Hbond substituents is 1. The van der Waals surface area contributed by atoms with Gasteiger partial charge in [0.25, 0.3) is 0 Å². The standard InChI is InChI=1S/C15H14O5.C6H14N2.H2O.Pt/c1-9-7-13(18)14(15(19)20-9)12(17)6-5-10-3-2-4-11(16)8-10;7-5-3-1-2-4-6(5)8;;/h2-4,7-8,14,16H,5-6H2,1H3;5-6H,1-4,7-8H2;1H2;/q;;;+1/p-1/t;5-,6-;;/m.1../s1. The van der Waals surface area contributed by atoms with Gasteiger partial charge in [-0.1, -0.05) is 25.0 Å². The fourth-order valence-corrected chi connectivity index (χ4v) is 3.25. The average molecular weight is 601 g/mol. The van der Waals surface area contributed by atoms with E-state index in [4.69, 9.17) is 20.0 Å². The third-order valence-corrected chi connectivity index (χ3v) is 4.89. The maximum atomic E-state index is 12.0. The number of aromatic hydroxyl groups is 1. The molecule has 1 heterocycles. The Hall–Kier alpha value is -1.86. The van der Waals surface area contributed by atoms with Crippen LogP contribution < -0.4 is 11.5 Å². The fraction of sp³-hybridized carbons (Fsp3) is 0.476. The first-order valence-electron chi connectivity index (χ1n) is 9.67. The number of allylic oxidation sites excluding steroid dienone is 2. The number of benzene rings is 1. The summed E-state index contributed by atoms with van der Waals surface area (Å²) in [5, 5.41) is 9.32. The first kappa shape index (κ1) is 26.2. The molecule has 9 heteroatoms. The zero-order valence-electron chi connectivity index (χ0n) is 16.9. The van der Waals surface area contributed by atoms with Gasteiger partial charge in [-0.05, 0) is 43.9 Å². The summed E-state index contributed by atoms with van der Waals surface area (Å²) < 4.78 is 11.8. The average Bonchev–Trinajstić information content (AvgIpc) is 2.70. The molecule has 0 aromatic heterocycles. The Kier molecular flexibility index (Phi) is 11.7. The van der Waals surface area contributed by atoms with Crippen molar-refractivity contribution in [2.24, 2.45) is 17.4 Å². The number of ether oxygens (including phenoxy) is 1. The first-order valence-corrected chi connectivity index (χ1v) is 10.7. The van der Waals surface area contributed by atoms with Gasteiger partial charge >= 0.3 is 29.9 Å². The normalized spacial score (nSPS) is 23.1. The number of ketones is 2. The molecule has 0 amide bonds. The molecular weight excluding hydrogens is 571 g/mol. The van der Waals surface area contributed by atoms with Gasteiger partial charge in [-0.15, -0.1) is 0 Å². The first-order chi connectivity index (χ1) is 14.3. The van der Waals surface area contributed by atoms with Crippen molar-refractivity contribution < 1.29 is 48.2 Å². The molecule has 0 saturated heterocycles. The van der Waals surface area contributed by atoms with Gasteiger partial charge in [0.05, 0.1) is 0 Å². The number of esters is 1. The summed E-state index contributed by atoms with van der Waals surface area (Å²) in [6.45, 7) is 1.49. The monoisotopic (exact) mass is 600 g/mol. The van der Waals surface area contributed by atoms with Crippen molar-refractivity contribution in [3.8, 4) is 5.75 Å². The van der Waals surface area contributed by atoms with Crippen LogP contribution in [0.5, 0.6) is 5.75 Å². The van der Waals surface area contributed by atoms with Crippen molar-refractivity contribution in [3.63, 3.8) is 0 Å². The Morgan fingerprint density at radius 3 is 2.27 bits per heavy atom. The van der Waals surface area contributed by atoms with E-state index in [1.807, 2.05) is 0 Å². The van der Waals surface area contributed by atoms with E-state index in [-0.39, 0.29) is 30.0 Å². The van der Waals surface area contributed by atoms with Gasteiger partial charge in [-0.3, -0.25) is 14.4 Å². The molecule has 0 bridgehead atoms. The van der Waals surface area contributed by atoms with E-state index in [0.717, 1.165) is 44.7 Å². The van der Waals surface area contributed by atoms with E-state index in [9.17, 15) is 19.5 Å². The summed E-state index contributed by atoms with van der Waals surface area (Å²) in [7, 11) is 0. The maximum absolute atomic E-state index is 12.0. The molecule has 1 aromatic rings. The summed E-state index contributed by atoms with van der Waals surface area (Å²) in [6.07, 6.45) is 6.36. The minimum absolute atomic E-state index is 0.0435. The molecule has 1 aromatic carbocycles. The number of phenols is 1. The fourth-order valence-electron chi connectivity index (χ4n) is 3.25. The number of nitrogens with two attached hydrogens (primary N) is 2. The number of Topliss-reactive ketones (excluding diaryl/α,β-unsaturated/α-hetero) is 1. The van der Waals surface area contributed by atoms with Crippen LogP contribution >= 0.6 is 0 Å². The molecule has 6 N–H and O–H groups in total. The zero-order chi connectivity index (χ0) is 22.7. The second kappa shape index (κ2) is 13.4. The molecule has 1 aliphatic heterocycles. The Balaban J connectivity index is 0.000000375. The van der Waals surface area contributed by atoms with Crippen LogP contribution in [-0.2, 0) is 45.7 Å². The van der Waals surface area contributed by atoms with Gasteiger partial charge < -0.3 is 21.3 Å². The van der Waals surface area contributed by atoms with E-state index in [1.54, 1.807) is 18.2 Å². The molecule has 1 fully saturated rings. The predicted molar refractivity (Wildman–Crippen MR) is 106 cm³/mol. The van der Waals surface area contributed by atoms with Crippen LogP contribution in [0, 0.1) is 5.92 Å². The summed E-state index contributed by atoms with van der Waals surface area (Å²) in [5.41, 5.74) is 12.1. The summed E-state index contributed by atoms with van der Waals surface area (Å²) in [4.78, 5) is 35.2. The Bertz CT molecular complexity index is 758. The number of carbonyl (C=O) groups is 3. The second-order valence-electron chi connectivity index (χ2n) is 7.26. The molecule has 1 aliphatic carbocycles. The van der Waals surface area contributed by atoms with Crippen LogP contribution in [0.25, 0.3) is 0 Å². The molecular formula is C21H29N2O6Pt. The summed E-state index contributed by atoms with van der Waals surface area (Å²) >= 11 is 1.14. The molecule has 0 spiro atoms. The third kappa shape index (κ3) is 8.48. The van der Waals surface area contributed by atoms with Crippen molar-refractivity contribution >= 4 is 17.5 Å². The van der Waals surface area contributed by atoms with Crippen LogP contribution in [0.3, 0.4) is 0 Å². The van der Waals surface area contributed by atoms with E-state index >= 15 is 0 Å². The van der Waals surface area contributed by atoms with Gasteiger partial charge in [0.2, 0.25) is 0 Å². The van der Waals surface area contributed by atoms with Gasteiger partial charge in [0, 0.05) is 24.6 Å². The van der Waals surface area contributed by atoms with Crippen molar-refractivity contribution in [3.05, 3.63) is 41.7 Å². The van der Waals surface area contributed by atoms with E-state index in [1.165, 1.54) is 25.8 Å². The number of hydrogen-bond acceptors (Lipinski definition) is 8. The number of carbonyl (C=O) groups excluding carboxylic acids is 3. The molecule has 0 radical (unpaired) electrons. The number of aryl methyl sites for hydroxylation is 1. The van der Waals surface area contributed by atoms with Crippen LogP contribution in [0.1, 0.15) is 44.6 Å². The van der Waals surface area contributed by atoms with Crippen molar-refractivity contribution in [1.29, 1.82) is 0 Å². The van der Waals surface area contributed by atoms with E-state index in [0.29, 0.717) is 6.42 Å². The van der Waals surface area contributed by atoms with E-state index in [2.05, 4.69) is 0 Å². The van der Waals surface area contributed by atoms with Gasteiger partial charge in [0.15, 0.2) is 17.5 Å². The quantitative estimate of drug-likeness (QED) is 0.297. The summed E-state index contributed by atoms with van der Waals surface area (Å²) in [5.74, 6) is -2.84. The molecule has 1 saturated carbocycles. The van der Waals surface area contributed by atoms with Crippen LogP contribution in [0.4, 0.5) is 0 Å².